The minimum atomic E-state index is -0.352. The van der Waals surface area contributed by atoms with Crippen LogP contribution in [0.3, 0.4) is 0 Å². The van der Waals surface area contributed by atoms with Gasteiger partial charge in [0.25, 0.3) is 0 Å². The normalized spacial score (nSPS) is 19.9. The molecule has 0 N–H and O–H groups in total. The number of esters is 1. The van der Waals surface area contributed by atoms with Crippen LogP contribution in [-0.4, -0.2) is 11.6 Å². The molecule has 0 saturated heterocycles. The van der Waals surface area contributed by atoms with Crippen molar-refractivity contribution >= 4 is 5.97 Å². The van der Waals surface area contributed by atoms with E-state index in [0.717, 1.165) is 25.7 Å². The van der Waals surface area contributed by atoms with Crippen LogP contribution in [0.1, 0.15) is 80.1 Å². The summed E-state index contributed by atoms with van der Waals surface area (Å²) in [4.78, 5) is 12.4. The third kappa shape index (κ3) is 3.07. The monoisotopic (exact) mass is 254 g/mol. The zero-order valence-corrected chi connectivity index (χ0v) is 13.1. The second-order valence-electron chi connectivity index (χ2n) is 7.47. The molecule has 0 spiro atoms. The molecule has 1 aliphatic carbocycles. The molecule has 2 heteroatoms. The molecule has 0 atom stereocenters. The zero-order chi connectivity index (χ0) is 14.0. The molecular formula is C16H30O2. The maximum atomic E-state index is 12.4. The van der Waals surface area contributed by atoms with E-state index in [1.165, 1.54) is 12.8 Å². The number of hydrogen-bond donors (Lipinski definition) is 0. The predicted molar refractivity (Wildman–Crippen MR) is 75.4 cm³/mol. The second kappa shape index (κ2) is 5.22. The molecule has 2 nitrogen and oxygen atoms in total. The second-order valence-corrected chi connectivity index (χ2v) is 7.47. The Balaban J connectivity index is 2.83. The lowest BCUT2D eigenvalue weighted by atomic mass is 9.74. The average Bonchev–Trinajstić information content (AvgIpc) is 2.66. The van der Waals surface area contributed by atoms with Crippen LogP contribution in [-0.2, 0) is 9.53 Å². The van der Waals surface area contributed by atoms with Crippen LogP contribution < -0.4 is 0 Å². The Kier molecular flexibility index (Phi) is 4.51. The molecule has 106 valence electrons. The molecule has 0 bridgehead atoms. The Morgan fingerprint density at radius 1 is 1.11 bits per heavy atom. The van der Waals surface area contributed by atoms with Crippen molar-refractivity contribution in [1.29, 1.82) is 0 Å². The molecule has 0 amide bonds. The fourth-order valence-electron chi connectivity index (χ4n) is 2.99. The van der Waals surface area contributed by atoms with E-state index >= 15 is 0 Å². The summed E-state index contributed by atoms with van der Waals surface area (Å²) in [7, 11) is 0. The maximum Gasteiger partial charge on any atom is 0.312 e. The van der Waals surface area contributed by atoms with Gasteiger partial charge in [0, 0.05) is 5.41 Å². The molecule has 0 aromatic carbocycles. The van der Waals surface area contributed by atoms with E-state index < -0.39 is 0 Å². The minimum Gasteiger partial charge on any atom is -0.458 e. The molecule has 0 aromatic heterocycles. The first-order valence-electron chi connectivity index (χ1n) is 7.38. The van der Waals surface area contributed by atoms with E-state index in [2.05, 4.69) is 27.7 Å². The molecule has 1 rings (SSSR count). The summed E-state index contributed by atoms with van der Waals surface area (Å²) >= 11 is 0. The standard InChI is InChI=1S/C16H30O2/c1-7-10-15(5,6)13(17)18-16(14(2,3)4)11-8-9-12-16/h7-12H2,1-6H3. The highest BCUT2D eigenvalue weighted by molar-refractivity contribution is 5.76. The molecule has 1 aliphatic rings. The molecule has 1 fully saturated rings. The lowest BCUT2D eigenvalue weighted by Crippen LogP contribution is -2.47. The summed E-state index contributed by atoms with van der Waals surface area (Å²) in [5.74, 6) is -0.0128. The highest BCUT2D eigenvalue weighted by Crippen LogP contribution is 2.47. The molecule has 18 heavy (non-hydrogen) atoms. The van der Waals surface area contributed by atoms with Crippen molar-refractivity contribution in [1.82, 2.24) is 0 Å². The molecule has 0 radical (unpaired) electrons. The van der Waals surface area contributed by atoms with Crippen molar-refractivity contribution in [3.63, 3.8) is 0 Å². The van der Waals surface area contributed by atoms with E-state index in [1.807, 2.05) is 13.8 Å². The third-order valence-corrected chi connectivity index (χ3v) is 4.49. The molecule has 0 heterocycles. The Bertz CT molecular complexity index is 291. The van der Waals surface area contributed by atoms with Crippen LogP contribution in [0, 0.1) is 10.8 Å². The van der Waals surface area contributed by atoms with E-state index in [4.69, 9.17) is 4.74 Å². The van der Waals surface area contributed by atoms with Gasteiger partial charge in [-0.2, -0.15) is 0 Å². The molecular weight excluding hydrogens is 224 g/mol. The fraction of sp³-hybridized carbons (Fsp3) is 0.938. The molecule has 0 unspecified atom stereocenters. The smallest absolute Gasteiger partial charge is 0.312 e. The van der Waals surface area contributed by atoms with Crippen LogP contribution in [0.25, 0.3) is 0 Å². The number of ether oxygens (including phenoxy) is 1. The van der Waals surface area contributed by atoms with Gasteiger partial charge in [-0.05, 0) is 46.0 Å². The van der Waals surface area contributed by atoms with Gasteiger partial charge in [0.15, 0.2) is 0 Å². The van der Waals surface area contributed by atoms with Gasteiger partial charge < -0.3 is 4.74 Å². The van der Waals surface area contributed by atoms with E-state index in [1.54, 1.807) is 0 Å². The lowest BCUT2D eigenvalue weighted by molar-refractivity contribution is -0.183. The van der Waals surface area contributed by atoms with Gasteiger partial charge in [0.2, 0.25) is 0 Å². The van der Waals surface area contributed by atoms with E-state index in [0.29, 0.717) is 0 Å². The number of rotatable bonds is 4. The van der Waals surface area contributed by atoms with E-state index in [-0.39, 0.29) is 22.4 Å². The quantitative estimate of drug-likeness (QED) is 0.679. The van der Waals surface area contributed by atoms with Gasteiger partial charge in [-0.25, -0.2) is 0 Å². The number of hydrogen-bond acceptors (Lipinski definition) is 2. The Hall–Kier alpha value is -0.530. The fourth-order valence-corrected chi connectivity index (χ4v) is 2.99. The highest BCUT2D eigenvalue weighted by atomic mass is 16.6. The molecule has 0 aromatic rings. The van der Waals surface area contributed by atoms with Gasteiger partial charge in [0.1, 0.15) is 5.60 Å². The summed E-state index contributed by atoms with van der Waals surface area (Å²) in [6, 6.07) is 0. The van der Waals surface area contributed by atoms with Crippen LogP contribution in [0.4, 0.5) is 0 Å². The Morgan fingerprint density at radius 3 is 2.00 bits per heavy atom. The van der Waals surface area contributed by atoms with Crippen LogP contribution in [0.2, 0.25) is 0 Å². The van der Waals surface area contributed by atoms with Crippen molar-refractivity contribution in [3.8, 4) is 0 Å². The number of carbonyl (C=O) groups excluding carboxylic acids is 1. The zero-order valence-electron chi connectivity index (χ0n) is 13.1. The summed E-state index contributed by atoms with van der Waals surface area (Å²) in [5, 5.41) is 0. The average molecular weight is 254 g/mol. The van der Waals surface area contributed by atoms with Gasteiger partial charge in [-0.15, -0.1) is 0 Å². The van der Waals surface area contributed by atoms with Gasteiger partial charge in [0.05, 0.1) is 5.41 Å². The third-order valence-electron chi connectivity index (χ3n) is 4.49. The van der Waals surface area contributed by atoms with Crippen LogP contribution >= 0.6 is 0 Å². The minimum absolute atomic E-state index is 0.0128. The van der Waals surface area contributed by atoms with Crippen molar-refractivity contribution in [2.45, 2.75) is 85.7 Å². The SMILES string of the molecule is CCCC(C)(C)C(=O)OC1(C(C)(C)C)CCCC1. The summed E-state index contributed by atoms with van der Waals surface area (Å²) in [6.45, 7) is 12.7. The largest absolute Gasteiger partial charge is 0.458 e. The van der Waals surface area contributed by atoms with Gasteiger partial charge in [-0.1, -0.05) is 34.1 Å². The van der Waals surface area contributed by atoms with E-state index in [9.17, 15) is 4.79 Å². The van der Waals surface area contributed by atoms with Crippen LogP contribution in [0.5, 0.6) is 0 Å². The topological polar surface area (TPSA) is 26.3 Å². The lowest BCUT2D eigenvalue weighted by Gasteiger charge is -2.43. The van der Waals surface area contributed by atoms with Gasteiger partial charge in [-0.3, -0.25) is 4.79 Å². The summed E-state index contributed by atoms with van der Waals surface area (Å²) in [5.41, 5.74) is -0.563. The van der Waals surface area contributed by atoms with Crippen molar-refractivity contribution in [2.24, 2.45) is 10.8 Å². The van der Waals surface area contributed by atoms with Crippen molar-refractivity contribution < 1.29 is 9.53 Å². The number of carbonyl (C=O) groups is 1. The maximum absolute atomic E-state index is 12.4. The first-order chi connectivity index (χ1) is 8.15. The first kappa shape index (κ1) is 15.5. The summed E-state index contributed by atoms with van der Waals surface area (Å²) in [6.07, 6.45) is 6.31. The Morgan fingerprint density at radius 2 is 1.61 bits per heavy atom. The predicted octanol–water partition coefficient (Wildman–Crippen LogP) is 4.71. The highest BCUT2D eigenvalue weighted by Gasteiger charge is 2.49. The molecule has 1 saturated carbocycles. The Labute approximate surface area is 112 Å². The van der Waals surface area contributed by atoms with Gasteiger partial charge >= 0.3 is 5.97 Å². The first-order valence-corrected chi connectivity index (χ1v) is 7.38. The van der Waals surface area contributed by atoms with Crippen molar-refractivity contribution in [2.75, 3.05) is 0 Å². The summed E-state index contributed by atoms with van der Waals surface area (Å²) < 4.78 is 6.04. The van der Waals surface area contributed by atoms with Crippen molar-refractivity contribution in [3.05, 3.63) is 0 Å². The molecule has 0 aliphatic heterocycles. The van der Waals surface area contributed by atoms with Crippen LogP contribution in [0.15, 0.2) is 0 Å².